The summed E-state index contributed by atoms with van der Waals surface area (Å²) in [5.41, 5.74) is 2.96. The van der Waals surface area contributed by atoms with Crippen LogP contribution in [0, 0.1) is 3.57 Å². The van der Waals surface area contributed by atoms with Crippen molar-refractivity contribution in [1.82, 2.24) is 15.3 Å². The summed E-state index contributed by atoms with van der Waals surface area (Å²) in [5.74, 6) is -0.0623. The number of hydrogen-bond donors (Lipinski definition) is 3. The molecule has 0 aliphatic heterocycles. The Kier molecular flexibility index (Phi) is 3.77. The van der Waals surface area contributed by atoms with Crippen molar-refractivity contribution in [2.45, 2.75) is 6.42 Å². The topological polar surface area (TPSA) is 60.7 Å². The third kappa shape index (κ3) is 2.72. The SMILES string of the molecule is O=C(NCCc1c[nH]c2ccccc12)c1cc(I)c[nH]1. The van der Waals surface area contributed by atoms with Crippen molar-refractivity contribution < 1.29 is 4.79 Å². The van der Waals surface area contributed by atoms with E-state index in [-0.39, 0.29) is 5.91 Å². The Balaban J connectivity index is 1.61. The van der Waals surface area contributed by atoms with Crippen molar-refractivity contribution in [2.24, 2.45) is 0 Å². The normalized spacial score (nSPS) is 10.8. The molecule has 0 fully saturated rings. The molecule has 4 nitrogen and oxygen atoms in total. The first-order chi connectivity index (χ1) is 9.74. The quantitative estimate of drug-likeness (QED) is 0.600. The van der Waals surface area contributed by atoms with Crippen LogP contribution in [0.2, 0.25) is 0 Å². The predicted octanol–water partition coefficient (Wildman–Crippen LogP) is 3.07. The maximum Gasteiger partial charge on any atom is 0.267 e. The molecule has 102 valence electrons. The molecule has 0 unspecified atom stereocenters. The van der Waals surface area contributed by atoms with Crippen LogP contribution in [-0.2, 0) is 6.42 Å². The van der Waals surface area contributed by atoms with E-state index in [1.807, 2.05) is 30.6 Å². The molecule has 3 rings (SSSR count). The third-order valence-electron chi connectivity index (χ3n) is 3.25. The van der Waals surface area contributed by atoms with Gasteiger partial charge < -0.3 is 15.3 Å². The molecule has 1 aromatic carbocycles. The molecule has 20 heavy (non-hydrogen) atoms. The van der Waals surface area contributed by atoms with E-state index in [0.29, 0.717) is 12.2 Å². The van der Waals surface area contributed by atoms with E-state index in [9.17, 15) is 4.79 Å². The summed E-state index contributed by atoms with van der Waals surface area (Å²) in [6.45, 7) is 0.621. The molecule has 0 bridgehead atoms. The second-order valence-electron chi connectivity index (χ2n) is 4.60. The van der Waals surface area contributed by atoms with Crippen molar-refractivity contribution in [3.63, 3.8) is 0 Å². The summed E-state index contributed by atoms with van der Waals surface area (Å²) < 4.78 is 1.03. The van der Waals surface area contributed by atoms with E-state index >= 15 is 0 Å². The van der Waals surface area contributed by atoms with E-state index in [1.165, 1.54) is 10.9 Å². The van der Waals surface area contributed by atoms with Gasteiger partial charge in [-0.05, 0) is 46.7 Å². The maximum absolute atomic E-state index is 11.9. The predicted molar refractivity (Wildman–Crippen MR) is 87.8 cm³/mol. The highest BCUT2D eigenvalue weighted by Crippen LogP contribution is 2.17. The lowest BCUT2D eigenvalue weighted by atomic mass is 10.1. The summed E-state index contributed by atoms with van der Waals surface area (Å²) >= 11 is 2.17. The second-order valence-corrected chi connectivity index (χ2v) is 5.84. The molecule has 2 aromatic heterocycles. The number of aromatic amines is 2. The average Bonchev–Trinajstić information content (AvgIpc) is 3.06. The van der Waals surface area contributed by atoms with Crippen molar-refractivity contribution in [3.05, 3.63) is 57.6 Å². The number of para-hydroxylation sites is 1. The number of carbonyl (C=O) groups excluding carboxylic acids is 1. The monoisotopic (exact) mass is 379 g/mol. The summed E-state index contributed by atoms with van der Waals surface area (Å²) in [7, 11) is 0. The van der Waals surface area contributed by atoms with Crippen LogP contribution in [0.3, 0.4) is 0 Å². The van der Waals surface area contributed by atoms with Crippen LogP contribution in [0.25, 0.3) is 10.9 Å². The number of nitrogens with one attached hydrogen (secondary N) is 3. The Morgan fingerprint density at radius 1 is 1.20 bits per heavy atom. The molecule has 3 N–H and O–H groups in total. The highest BCUT2D eigenvalue weighted by molar-refractivity contribution is 14.1. The van der Waals surface area contributed by atoms with Gasteiger partial charge in [-0.3, -0.25) is 4.79 Å². The Morgan fingerprint density at radius 3 is 2.85 bits per heavy atom. The zero-order chi connectivity index (χ0) is 13.9. The van der Waals surface area contributed by atoms with Gasteiger partial charge in [0, 0.05) is 33.4 Å². The standard InChI is InChI=1S/C15H14IN3O/c16-11-7-14(19-9-11)15(20)17-6-5-10-8-18-13-4-2-1-3-12(10)13/h1-4,7-9,18-19H,5-6H2,(H,17,20). The fourth-order valence-electron chi connectivity index (χ4n) is 2.24. The first-order valence-electron chi connectivity index (χ1n) is 6.41. The van der Waals surface area contributed by atoms with Crippen molar-refractivity contribution in [1.29, 1.82) is 0 Å². The van der Waals surface area contributed by atoms with E-state index in [0.717, 1.165) is 15.5 Å². The Bertz CT molecular complexity index is 744. The molecular formula is C15H14IN3O. The van der Waals surface area contributed by atoms with Crippen LogP contribution in [0.1, 0.15) is 16.1 Å². The van der Waals surface area contributed by atoms with E-state index in [2.05, 4.69) is 50.0 Å². The molecule has 0 atom stereocenters. The van der Waals surface area contributed by atoms with Gasteiger partial charge in [0.05, 0.1) is 0 Å². The molecule has 2 heterocycles. The first kappa shape index (κ1) is 13.2. The largest absolute Gasteiger partial charge is 0.361 e. The lowest BCUT2D eigenvalue weighted by molar-refractivity contribution is 0.0950. The number of halogens is 1. The molecule has 0 aliphatic carbocycles. The number of amides is 1. The van der Waals surface area contributed by atoms with Crippen LogP contribution in [0.4, 0.5) is 0 Å². The summed E-state index contributed by atoms with van der Waals surface area (Å²) in [6.07, 6.45) is 4.64. The number of H-pyrrole nitrogens is 2. The van der Waals surface area contributed by atoms with Gasteiger partial charge in [0.1, 0.15) is 5.69 Å². The first-order valence-corrected chi connectivity index (χ1v) is 7.49. The van der Waals surface area contributed by atoms with Gasteiger partial charge in [0.15, 0.2) is 0 Å². The Hall–Kier alpha value is -1.76. The van der Waals surface area contributed by atoms with E-state index < -0.39 is 0 Å². The van der Waals surface area contributed by atoms with Gasteiger partial charge >= 0.3 is 0 Å². The minimum absolute atomic E-state index is 0.0623. The van der Waals surface area contributed by atoms with Gasteiger partial charge in [0.2, 0.25) is 0 Å². The highest BCUT2D eigenvalue weighted by atomic mass is 127. The zero-order valence-electron chi connectivity index (χ0n) is 10.7. The van der Waals surface area contributed by atoms with E-state index in [4.69, 9.17) is 0 Å². The molecule has 0 saturated carbocycles. The number of hydrogen-bond acceptors (Lipinski definition) is 1. The highest BCUT2D eigenvalue weighted by Gasteiger charge is 2.08. The minimum Gasteiger partial charge on any atom is -0.361 e. The molecule has 3 aromatic rings. The van der Waals surface area contributed by atoms with Crippen LogP contribution in [0.5, 0.6) is 0 Å². The molecular weight excluding hydrogens is 365 g/mol. The number of fused-ring (bicyclic) bond motifs is 1. The minimum atomic E-state index is -0.0623. The van der Waals surface area contributed by atoms with Gasteiger partial charge in [-0.25, -0.2) is 0 Å². The molecule has 0 spiro atoms. The zero-order valence-corrected chi connectivity index (χ0v) is 12.9. The second kappa shape index (κ2) is 5.70. The number of benzene rings is 1. The fraction of sp³-hybridized carbons (Fsp3) is 0.133. The van der Waals surface area contributed by atoms with Crippen LogP contribution in [0.15, 0.2) is 42.7 Å². The number of rotatable bonds is 4. The lowest BCUT2D eigenvalue weighted by Gasteiger charge is -2.03. The van der Waals surface area contributed by atoms with Gasteiger partial charge in [-0.2, -0.15) is 0 Å². The average molecular weight is 379 g/mol. The molecule has 0 aliphatic rings. The number of aromatic nitrogens is 2. The van der Waals surface area contributed by atoms with Crippen LogP contribution < -0.4 is 5.32 Å². The molecule has 0 radical (unpaired) electrons. The summed E-state index contributed by atoms with van der Waals surface area (Å²) in [5, 5.41) is 4.15. The molecule has 0 saturated heterocycles. The van der Waals surface area contributed by atoms with Gasteiger partial charge in [-0.1, -0.05) is 18.2 Å². The van der Waals surface area contributed by atoms with Gasteiger partial charge in [0.25, 0.3) is 5.91 Å². The van der Waals surface area contributed by atoms with E-state index in [1.54, 1.807) is 0 Å². The lowest BCUT2D eigenvalue weighted by Crippen LogP contribution is -2.25. The summed E-state index contributed by atoms with van der Waals surface area (Å²) in [4.78, 5) is 18.1. The molecule has 5 heteroatoms. The summed E-state index contributed by atoms with van der Waals surface area (Å²) in [6, 6.07) is 10.0. The Morgan fingerprint density at radius 2 is 2.05 bits per heavy atom. The third-order valence-corrected chi connectivity index (χ3v) is 3.87. The Labute approximate surface area is 130 Å². The van der Waals surface area contributed by atoms with Crippen molar-refractivity contribution in [2.75, 3.05) is 6.54 Å². The van der Waals surface area contributed by atoms with Crippen molar-refractivity contribution in [3.8, 4) is 0 Å². The van der Waals surface area contributed by atoms with Crippen LogP contribution in [-0.4, -0.2) is 22.4 Å². The smallest absolute Gasteiger partial charge is 0.267 e. The molecule has 1 amide bonds. The fourth-order valence-corrected chi connectivity index (χ4v) is 2.71. The maximum atomic E-state index is 11.9. The number of carbonyl (C=O) groups is 1. The van der Waals surface area contributed by atoms with Crippen LogP contribution >= 0.6 is 22.6 Å². The van der Waals surface area contributed by atoms with Crippen molar-refractivity contribution >= 4 is 39.4 Å². The van der Waals surface area contributed by atoms with Gasteiger partial charge in [-0.15, -0.1) is 0 Å².